The molecule has 0 spiro atoms. The van der Waals surface area contributed by atoms with Gasteiger partial charge in [-0.05, 0) is 89.5 Å². The maximum atomic E-state index is 13.6. The molecule has 39 heavy (non-hydrogen) atoms. The first-order valence-electron chi connectivity index (χ1n) is 14.0. The summed E-state index contributed by atoms with van der Waals surface area (Å²) in [4.78, 5) is 39.3. The number of ether oxygens (including phenoxy) is 2. The molecule has 2 N–H and O–H groups in total. The number of aliphatic carboxylic acids is 1. The predicted octanol–water partition coefficient (Wildman–Crippen LogP) is 6.04. The van der Waals surface area contributed by atoms with Crippen molar-refractivity contribution in [3.05, 3.63) is 59.2 Å². The van der Waals surface area contributed by atoms with Crippen molar-refractivity contribution in [1.29, 1.82) is 0 Å². The third kappa shape index (κ3) is 8.22. The van der Waals surface area contributed by atoms with Crippen LogP contribution in [0, 0.1) is 5.92 Å². The van der Waals surface area contributed by atoms with E-state index in [1.807, 2.05) is 51.1 Å². The Hall–Kier alpha value is -3.55. The van der Waals surface area contributed by atoms with E-state index in [1.54, 1.807) is 4.90 Å². The summed E-state index contributed by atoms with van der Waals surface area (Å²) in [6.07, 6.45) is 4.29. The highest BCUT2D eigenvalue weighted by atomic mass is 16.5. The summed E-state index contributed by atoms with van der Waals surface area (Å²) < 4.78 is 11.7. The summed E-state index contributed by atoms with van der Waals surface area (Å²) in [5.74, 6) is -0.487. The summed E-state index contributed by atoms with van der Waals surface area (Å²) in [7, 11) is 0. The predicted molar refractivity (Wildman–Crippen MR) is 151 cm³/mol. The molecule has 0 saturated heterocycles. The third-order valence-corrected chi connectivity index (χ3v) is 7.32. The Balaban J connectivity index is 1.84. The molecule has 1 aliphatic rings. The third-order valence-electron chi connectivity index (χ3n) is 7.32. The van der Waals surface area contributed by atoms with Crippen molar-refractivity contribution in [3.8, 4) is 11.5 Å². The molecule has 0 aliphatic heterocycles. The molecule has 1 saturated carbocycles. The second-order valence-corrected chi connectivity index (χ2v) is 10.1. The van der Waals surface area contributed by atoms with Gasteiger partial charge in [0.1, 0.15) is 17.1 Å². The van der Waals surface area contributed by atoms with Crippen LogP contribution in [0.5, 0.6) is 11.5 Å². The van der Waals surface area contributed by atoms with Crippen molar-refractivity contribution in [2.75, 3.05) is 19.8 Å². The summed E-state index contributed by atoms with van der Waals surface area (Å²) in [5.41, 5.74) is 2.47. The minimum absolute atomic E-state index is 0.147. The Bertz CT molecular complexity index is 1090. The van der Waals surface area contributed by atoms with E-state index in [4.69, 9.17) is 9.47 Å². The highest BCUT2D eigenvalue weighted by Crippen LogP contribution is 2.36. The van der Waals surface area contributed by atoms with E-state index in [1.165, 1.54) is 12.5 Å². The van der Waals surface area contributed by atoms with E-state index < -0.39 is 11.9 Å². The molecular formula is C31H42N2O6. The second kappa shape index (κ2) is 14.6. The maximum Gasteiger partial charge on any atom is 0.318 e. The first-order valence-corrected chi connectivity index (χ1v) is 14.0. The fraction of sp³-hybridized carbons (Fsp3) is 0.516. The molecule has 2 amide bonds. The number of nitrogens with one attached hydrogen (secondary N) is 1. The number of carbonyl (C=O) groups excluding carboxylic acids is 2. The number of hydrogen-bond donors (Lipinski definition) is 2. The average molecular weight is 539 g/mol. The number of hydrogen-bond acceptors (Lipinski definition) is 5. The van der Waals surface area contributed by atoms with Gasteiger partial charge in [0.2, 0.25) is 0 Å². The van der Waals surface area contributed by atoms with Gasteiger partial charge in [-0.3, -0.25) is 9.59 Å². The fourth-order valence-electron chi connectivity index (χ4n) is 5.24. The molecule has 0 bridgehead atoms. The summed E-state index contributed by atoms with van der Waals surface area (Å²) >= 11 is 0. The van der Waals surface area contributed by atoms with Crippen LogP contribution in [0.1, 0.15) is 87.3 Å². The van der Waals surface area contributed by atoms with Crippen LogP contribution in [0.4, 0.5) is 4.79 Å². The molecule has 1 aliphatic carbocycles. The summed E-state index contributed by atoms with van der Waals surface area (Å²) in [6, 6.07) is 13.2. The molecule has 0 heterocycles. The normalized spacial score (nSPS) is 17.3. The number of carbonyl (C=O) groups is 3. The number of unbranched alkanes of at least 4 members (excludes halogenated alkanes) is 1. The standard InChI is InChI=1S/C31H42N2O6/c1-5-38-27-19-25(20-28(39-6-2)29(27)22(4)34)21(3)33(17-11-10-14-23-12-8-7-9-13-23)31(37)32-26-16-15-24(18-26)30(35)36/h7-9,12-13,19-21,24,26H,5-6,10-11,14-18H2,1-4H3,(H,32,37)(H,35,36). The summed E-state index contributed by atoms with van der Waals surface area (Å²) in [5, 5.41) is 12.5. The highest BCUT2D eigenvalue weighted by molar-refractivity contribution is 5.99. The molecule has 8 heteroatoms. The quantitative estimate of drug-likeness (QED) is 0.225. The largest absolute Gasteiger partial charge is 0.493 e. The van der Waals surface area contributed by atoms with E-state index in [-0.39, 0.29) is 23.9 Å². The van der Waals surface area contributed by atoms with Crippen molar-refractivity contribution in [2.45, 2.75) is 78.3 Å². The first kappa shape index (κ1) is 30.0. The van der Waals surface area contributed by atoms with E-state index in [9.17, 15) is 19.5 Å². The molecule has 2 aromatic rings. The van der Waals surface area contributed by atoms with Gasteiger partial charge >= 0.3 is 12.0 Å². The molecule has 0 aromatic heterocycles. The number of amides is 2. The fourth-order valence-corrected chi connectivity index (χ4v) is 5.24. The Labute approximate surface area is 231 Å². The number of benzene rings is 2. The molecule has 8 nitrogen and oxygen atoms in total. The Kier molecular flexibility index (Phi) is 11.2. The molecule has 3 atom stereocenters. The van der Waals surface area contributed by atoms with Crippen LogP contribution < -0.4 is 14.8 Å². The molecular weight excluding hydrogens is 496 g/mol. The van der Waals surface area contributed by atoms with E-state index in [0.717, 1.165) is 24.8 Å². The van der Waals surface area contributed by atoms with Crippen molar-refractivity contribution < 1.29 is 29.0 Å². The Morgan fingerprint density at radius 2 is 1.67 bits per heavy atom. The van der Waals surface area contributed by atoms with Crippen LogP contribution in [-0.4, -0.2) is 53.6 Å². The minimum atomic E-state index is -0.810. The van der Waals surface area contributed by atoms with Gasteiger partial charge in [-0.1, -0.05) is 30.3 Å². The lowest BCUT2D eigenvalue weighted by molar-refractivity contribution is -0.141. The monoisotopic (exact) mass is 538 g/mol. The lowest BCUT2D eigenvalue weighted by Gasteiger charge is -2.32. The first-order chi connectivity index (χ1) is 18.7. The van der Waals surface area contributed by atoms with Gasteiger partial charge in [0.25, 0.3) is 0 Å². The highest BCUT2D eigenvalue weighted by Gasteiger charge is 2.33. The minimum Gasteiger partial charge on any atom is -0.493 e. The number of Topliss-reactive ketones (excluding diaryl/α,β-unsaturated/α-hetero) is 1. The second-order valence-electron chi connectivity index (χ2n) is 10.1. The maximum absolute atomic E-state index is 13.6. The van der Waals surface area contributed by atoms with E-state index in [0.29, 0.717) is 56.1 Å². The number of urea groups is 1. The topological polar surface area (TPSA) is 105 Å². The average Bonchev–Trinajstić information content (AvgIpc) is 3.37. The molecule has 1 fully saturated rings. The van der Waals surface area contributed by atoms with Crippen LogP contribution >= 0.6 is 0 Å². The van der Waals surface area contributed by atoms with Gasteiger partial charge in [0, 0.05) is 12.6 Å². The zero-order valence-corrected chi connectivity index (χ0v) is 23.6. The van der Waals surface area contributed by atoms with Gasteiger partial charge in [-0.15, -0.1) is 0 Å². The molecule has 3 unspecified atom stereocenters. The van der Waals surface area contributed by atoms with Crippen LogP contribution in [0.25, 0.3) is 0 Å². The molecule has 2 aromatic carbocycles. The summed E-state index contributed by atoms with van der Waals surface area (Å²) in [6.45, 7) is 8.47. The zero-order valence-electron chi connectivity index (χ0n) is 23.6. The van der Waals surface area contributed by atoms with Crippen LogP contribution in [0.2, 0.25) is 0 Å². The van der Waals surface area contributed by atoms with Gasteiger partial charge in [0.05, 0.1) is 25.2 Å². The van der Waals surface area contributed by atoms with Gasteiger partial charge in [0.15, 0.2) is 5.78 Å². The van der Waals surface area contributed by atoms with Gasteiger partial charge < -0.3 is 24.8 Å². The zero-order chi connectivity index (χ0) is 28.4. The number of carboxylic acid groups (broad SMARTS) is 1. The van der Waals surface area contributed by atoms with E-state index >= 15 is 0 Å². The van der Waals surface area contributed by atoms with Crippen molar-refractivity contribution >= 4 is 17.8 Å². The van der Waals surface area contributed by atoms with Crippen LogP contribution in [0.3, 0.4) is 0 Å². The number of ketones is 1. The Morgan fingerprint density at radius 1 is 1.03 bits per heavy atom. The SMILES string of the molecule is CCOc1cc(C(C)N(CCCCc2ccccc2)C(=O)NC2CCC(C(=O)O)C2)cc(OCC)c1C(C)=O. The van der Waals surface area contributed by atoms with Crippen molar-refractivity contribution in [1.82, 2.24) is 10.2 Å². The van der Waals surface area contributed by atoms with Crippen molar-refractivity contribution in [2.24, 2.45) is 5.92 Å². The number of rotatable bonds is 14. The van der Waals surface area contributed by atoms with Crippen LogP contribution in [0.15, 0.2) is 42.5 Å². The number of carboxylic acids is 1. The lowest BCUT2D eigenvalue weighted by Crippen LogP contribution is -2.45. The van der Waals surface area contributed by atoms with Gasteiger partial charge in [-0.2, -0.15) is 0 Å². The van der Waals surface area contributed by atoms with E-state index in [2.05, 4.69) is 17.4 Å². The number of nitrogens with zero attached hydrogens (tertiary/aromatic N) is 1. The number of aryl methyl sites for hydroxylation is 1. The molecule has 0 radical (unpaired) electrons. The smallest absolute Gasteiger partial charge is 0.318 e. The van der Waals surface area contributed by atoms with Gasteiger partial charge in [-0.25, -0.2) is 4.79 Å². The molecule has 212 valence electrons. The molecule has 3 rings (SSSR count). The Morgan fingerprint density at radius 3 is 2.21 bits per heavy atom. The van der Waals surface area contributed by atoms with Crippen LogP contribution in [-0.2, 0) is 11.2 Å². The lowest BCUT2D eigenvalue weighted by atomic mass is 10.00. The van der Waals surface area contributed by atoms with Crippen molar-refractivity contribution in [3.63, 3.8) is 0 Å².